The molecule has 4 nitrogen and oxygen atoms in total. The Balaban J connectivity index is 2.40. The molecule has 0 radical (unpaired) electrons. The third kappa shape index (κ3) is 3.71. The molecular formula is C15H13BrO4S. The Morgan fingerprint density at radius 1 is 1.14 bits per heavy atom. The zero-order valence-electron chi connectivity index (χ0n) is 11.5. The van der Waals surface area contributed by atoms with Gasteiger partial charge in [0.1, 0.15) is 10.6 Å². The summed E-state index contributed by atoms with van der Waals surface area (Å²) in [4.78, 5) is 11.4. The van der Waals surface area contributed by atoms with Crippen LogP contribution >= 0.6 is 15.9 Å². The molecule has 2 aromatic carbocycles. The van der Waals surface area contributed by atoms with Gasteiger partial charge < -0.3 is 4.18 Å². The first-order chi connectivity index (χ1) is 9.79. The molecule has 0 saturated carbocycles. The first-order valence-corrected chi connectivity index (χ1v) is 8.31. The monoisotopic (exact) mass is 368 g/mol. The fourth-order valence-electron chi connectivity index (χ4n) is 1.78. The Hall–Kier alpha value is -1.66. The quantitative estimate of drug-likeness (QED) is 0.609. The SMILES string of the molecule is CC(=O)c1cccc(OS(=O)(=O)c2cc(Br)ccc2C)c1. The molecule has 2 rings (SSSR count). The molecule has 0 bridgehead atoms. The predicted molar refractivity (Wildman–Crippen MR) is 83.1 cm³/mol. The first kappa shape index (κ1) is 15.7. The Morgan fingerprint density at radius 3 is 2.52 bits per heavy atom. The highest BCUT2D eigenvalue weighted by molar-refractivity contribution is 9.10. The molecule has 0 spiro atoms. The number of carbonyl (C=O) groups is 1. The molecule has 0 aliphatic carbocycles. The van der Waals surface area contributed by atoms with Crippen LogP contribution in [0.2, 0.25) is 0 Å². The number of aryl methyl sites for hydroxylation is 1. The van der Waals surface area contributed by atoms with E-state index in [-0.39, 0.29) is 16.4 Å². The van der Waals surface area contributed by atoms with E-state index in [0.29, 0.717) is 15.6 Å². The lowest BCUT2D eigenvalue weighted by Crippen LogP contribution is -2.11. The number of halogens is 1. The molecule has 21 heavy (non-hydrogen) atoms. The number of benzene rings is 2. The molecule has 0 atom stereocenters. The van der Waals surface area contributed by atoms with Gasteiger partial charge in [0.2, 0.25) is 0 Å². The molecule has 0 aliphatic heterocycles. The van der Waals surface area contributed by atoms with Gasteiger partial charge in [0.15, 0.2) is 5.78 Å². The van der Waals surface area contributed by atoms with E-state index in [1.54, 1.807) is 31.2 Å². The maximum atomic E-state index is 12.3. The number of rotatable bonds is 4. The third-order valence-corrected chi connectivity index (χ3v) is 4.75. The summed E-state index contributed by atoms with van der Waals surface area (Å²) in [5.41, 5.74) is 0.981. The molecular weight excluding hydrogens is 356 g/mol. The number of ketones is 1. The Kier molecular flexibility index (Phi) is 4.49. The van der Waals surface area contributed by atoms with Crippen LogP contribution in [0.1, 0.15) is 22.8 Å². The second-order valence-electron chi connectivity index (χ2n) is 4.53. The van der Waals surface area contributed by atoms with Gasteiger partial charge in [0, 0.05) is 10.0 Å². The van der Waals surface area contributed by atoms with Crippen LogP contribution in [0.5, 0.6) is 5.75 Å². The Labute approximate surface area is 132 Å². The zero-order chi connectivity index (χ0) is 15.6. The van der Waals surface area contributed by atoms with E-state index in [1.165, 1.54) is 25.1 Å². The van der Waals surface area contributed by atoms with Crippen LogP contribution in [0, 0.1) is 6.92 Å². The van der Waals surface area contributed by atoms with Crippen molar-refractivity contribution in [1.29, 1.82) is 0 Å². The molecule has 0 amide bonds. The van der Waals surface area contributed by atoms with Crippen molar-refractivity contribution >= 4 is 31.8 Å². The Bertz CT molecular complexity index is 797. The summed E-state index contributed by atoms with van der Waals surface area (Å²) in [5.74, 6) is -0.0430. The van der Waals surface area contributed by atoms with Gasteiger partial charge in [-0.2, -0.15) is 8.42 Å². The molecule has 110 valence electrons. The van der Waals surface area contributed by atoms with Gasteiger partial charge in [-0.25, -0.2) is 0 Å². The molecule has 0 aliphatic rings. The zero-order valence-corrected chi connectivity index (χ0v) is 13.9. The molecule has 0 heterocycles. The molecule has 0 N–H and O–H groups in total. The number of carbonyl (C=O) groups excluding carboxylic acids is 1. The van der Waals surface area contributed by atoms with Gasteiger partial charge in [-0.15, -0.1) is 0 Å². The molecule has 6 heteroatoms. The van der Waals surface area contributed by atoms with E-state index in [2.05, 4.69) is 15.9 Å². The summed E-state index contributed by atoms with van der Waals surface area (Å²) >= 11 is 3.24. The summed E-state index contributed by atoms with van der Waals surface area (Å²) in [6.07, 6.45) is 0. The average Bonchev–Trinajstić information content (AvgIpc) is 2.41. The van der Waals surface area contributed by atoms with E-state index in [4.69, 9.17) is 4.18 Å². The van der Waals surface area contributed by atoms with Crippen LogP contribution in [0.25, 0.3) is 0 Å². The molecule has 2 aromatic rings. The largest absolute Gasteiger partial charge is 0.379 e. The van der Waals surface area contributed by atoms with E-state index in [9.17, 15) is 13.2 Å². The summed E-state index contributed by atoms with van der Waals surface area (Å²) in [7, 11) is -3.95. The van der Waals surface area contributed by atoms with Gasteiger partial charge in [0.05, 0.1) is 0 Å². The van der Waals surface area contributed by atoms with Crippen molar-refractivity contribution in [3.8, 4) is 5.75 Å². The van der Waals surface area contributed by atoms with Crippen LogP contribution in [-0.4, -0.2) is 14.2 Å². The standard InChI is InChI=1S/C15H13BrO4S/c1-10-6-7-13(16)9-15(10)21(18,19)20-14-5-3-4-12(8-14)11(2)17/h3-9H,1-2H3. The van der Waals surface area contributed by atoms with Crippen molar-refractivity contribution in [2.45, 2.75) is 18.7 Å². The Morgan fingerprint density at radius 2 is 1.86 bits per heavy atom. The number of hydrogen-bond donors (Lipinski definition) is 0. The number of hydrogen-bond acceptors (Lipinski definition) is 4. The molecule has 0 aromatic heterocycles. The third-order valence-electron chi connectivity index (χ3n) is 2.87. The topological polar surface area (TPSA) is 60.4 Å². The minimum absolute atomic E-state index is 0.0881. The van der Waals surface area contributed by atoms with Gasteiger partial charge in [-0.1, -0.05) is 34.1 Å². The van der Waals surface area contributed by atoms with Crippen LogP contribution in [0.4, 0.5) is 0 Å². The summed E-state index contributed by atoms with van der Waals surface area (Å²) in [5, 5.41) is 0. The highest BCUT2D eigenvalue weighted by Gasteiger charge is 2.20. The maximum absolute atomic E-state index is 12.3. The second kappa shape index (κ2) is 5.99. The van der Waals surface area contributed by atoms with E-state index in [1.807, 2.05) is 0 Å². The lowest BCUT2D eigenvalue weighted by atomic mass is 10.1. The smallest absolute Gasteiger partial charge is 0.339 e. The minimum Gasteiger partial charge on any atom is -0.379 e. The maximum Gasteiger partial charge on any atom is 0.339 e. The second-order valence-corrected chi connectivity index (χ2v) is 6.96. The highest BCUT2D eigenvalue weighted by atomic mass is 79.9. The van der Waals surface area contributed by atoms with Crippen molar-refractivity contribution in [3.05, 3.63) is 58.1 Å². The molecule has 0 unspecified atom stereocenters. The summed E-state index contributed by atoms with van der Waals surface area (Å²) in [6, 6.07) is 11.0. The van der Waals surface area contributed by atoms with Crippen molar-refractivity contribution in [2.75, 3.05) is 0 Å². The summed E-state index contributed by atoms with van der Waals surface area (Å²) in [6.45, 7) is 3.10. The average molecular weight is 369 g/mol. The summed E-state index contributed by atoms with van der Waals surface area (Å²) < 4.78 is 30.4. The van der Waals surface area contributed by atoms with Gasteiger partial charge in [-0.05, 0) is 43.7 Å². The fraction of sp³-hybridized carbons (Fsp3) is 0.133. The lowest BCUT2D eigenvalue weighted by molar-refractivity contribution is 0.101. The van der Waals surface area contributed by atoms with E-state index < -0.39 is 10.1 Å². The van der Waals surface area contributed by atoms with Crippen LogP contribution < -0.4 is 4.18 Å². The normalized spacial score (nSPS) is 11.2. The van der Waals surface area contributed by atoms with Gasteiger partial charge in [-0.3, -0.25) is 4.79 Å². The van der Waals surface area contributed by atoms with Crippen molar-refractivity contribution in [1.82, 2.24) is 0 Å². The van der Waals surface area contributed by atoms with Gasteiger partial charge >= 0.3 is 10.1 Å². The predicted octanol–water partition coefficient (Wildman–Crippen LogP) is 3.73. The first-order valence-electron chi connectivity index (χ1n) is 6.11. The van der Waals surface area contributed by atoms with Crippen molar-refractivity contribution in [2.24, 2.45) is 0 Å². The van der Waals surface area contributed by atoms with Crippen LogP contribution in [0.3, 0.4) is 0 Å². The van der Waals surface area contributed by atoms with Gasteiger partial charge in [0.25, 0.3) is 0 Å². The van der Waals surface area contributed by atoms with Crippen LogP contribution in [-0.2, 0) is 10.1 Å². The minimum atomic E-state index is -3.95. The molecule has 0 fully saturated rings. The van der Waals surface area contributed by atoms with E-state index >= 15 is 0 Å². The molecule has 0 saturated heterocycles. The van der Waals surface area contributed by atoms with Crippen molar-refractivity contribution in [3.63, 3.8) is 0 Å². The number of Topliss-reactive ketones (excluding diaryl/α,β-unsaturated/α-hetero) is 1. The highest BCUT2D eigenvalue weighted by Crippen LogP contribution is 2.25. The van der Waals surface area contributed by atoms with E-state index in [0.717, 1.165) is 0 Å². The van der Waals surface area contributed by atoms with Crippen LogP contribution in [0.15, 0.2) is 51.8 Å². The van der Waals surface area contributed by atoms with Crippen molar-refractivity contribution < 1.29 is 17.4 Å². The fourth-order valence-corrected chi connectivity index (χ4v) is 3.47. The lowest BCUT2D eigenvalue weighted by Gasteiger charge is -2.10.